The van der Waals surface area contributed by atoms with Crippen molar-refractivity contribution < 1.29 is 14.6 Å². The Kier molecular flexibility index (Phi) is 2.28. The molecule has 2 N–H and O–H groups in total. The lowest BCUT2D eigenvalue weighted by molar-refractivity contribution is -0.134. The van der Waals surface area contributed by atoms with Gasteiger partial charge in [0, 0.05) is 5.56 Å². The number of fused-ring (bicyclic) bond motifs is 1. The van der Waals surface area contributed by atoms with Crippen LogP contribution in [0.2, 0.25) is 0 Å². The largest absolute Gasteiger partial charge is 0.480 e. The minimum Gasteiger partial charge on any atom is -0.480 e. The Morgan fingerprint density at radius 3 is 3.21 bits per heavy atom. The zero-order valence-corrected chi connectivity index (χ0v) is 7.36. The first-order chi connectivity index (χ1) is 6.77. The van der Waals surface area contributed by atoms with Gasteiger partial charge in [0.1, 0.15) is 18.7 Å². The fourth-order valence-electron chi connectivity index (χ4n) is 1.29. The highest BCUT2D eigenvalue weighted by molar-refractivity contribution is 5.72. The van der Waals surface area contributed by atoms with Crippen molar-refractivity contribution in [1.82, 2.24) is 9.97 Å². The van der Waals surface area contributed by atoms with Crippen LogP contribution in [0.1, 0.15) is 11.3 Å². The molecule has 2 heterocycles. The molecule has 0 spiro atoms. The molecule has 0 unspecified atom stereocenters. The van der Waals surface area contributed by atoms with Crippen molar-refractivity contribution in [3.63, 3.8) is 0 Å². The highest BCUT2D eigenvalue weighted by atomic mass is 16.5. The Bertz CT molecular complexity index is 367. The van der Waals surface area contributed by atoms with E-state index in [0.717, 1.165) is 11.3 Å². The number of carboxylic acid groups (broad SMARTS) is 1. The number of hydrogen-bond donors (Lipinski definition) is 2. The van der Waals surface area contributed by atoms with E-state index in [2.05, 4.69) is 15.3 Å². The molecule has 1 aliphatic heterocycles. The van der Waals surface area contributed by atoms with Gasteiger partial charge in [-0.1, -0.05) is 0 Å². The third-order valence-corrected chi connectivity index (χ3v) is 1.93. The van der Waals surface area contributed by atoms with Gasteiger partial charge in [-0.15, -0.1) is 0 Å². The summed E-state index contributed by atoms with van der Waals surface area (Å²) in [6.07, 6.45) is 1.40. The standard InChI is InChI=1S/C8H9N3O3/c12-7(13)1-9-8-5-2-14-3-6(5)10-4-11-8/h4H,1-3H2,(H,12,13)(H,9,10,11). The summed E-state index contributed by atoms with van der Waals surface area (Å²) in [7, 11) is 0. The second-order valence-electron chi connectivity index (χ2n) is 2.89. The van der Waals surface area contributed by atoms with Crippen molar-refractivity contribution in [3.8, 4) is 0 Å². The molecule has 6 heteroatoms. The number of carboxylic acids is 1. The number of aromatic nitrogens is 2. The first kappa shape index (κ1) is 8.89. The van der Waals surface area contributed by atoms with Crippen molar-refractivity contribution in [1.29, 1.82) is 0 Å². The molecule has 0 aromatic carbocycles. The number of nitrogens with one attached hydrogen (secondary N) is 1. The first-order valence-corrected chi connectivity index (χ1v) is 4.13. The predicted octanol–water partition coefficient (Wildman–Crippen LogP) is 0.00330. The fraction of sp³-hybridized carbons (Fsp3) is 0.375. The number of carbonyl (C=O) groups is 1. The predicted molar refractivity (Wildman–Crippen MR) is 46.7 cm³/mol. The summed E-state index contributed by atoms with van der Waals surface area (Å²) in [5.74, 6) is -0.369. The number of aliphatic carboxylic acids is 1. The number of ether oxygens (including phenoxy) is 1. The van der Waals surface area contributed by atoms with Gasteiger partial charge in [-0.05, 0) is 0 Å². The molecule has 1 aromatic heterocycles. The number of anilines is 1. The van der Waals surface area contributed by atoms with E-state index in [0.29, 0.717) is 19.0 Å². The second-order valence-corrected chi connectivity index (χ2v) is 2.89. The fourth-order valence-corrected chi connectivity index (χ4v) is 1.29. The monoisotopic (exact) mass is 195 g/mol. The molecule has 1 aromatic rings. The van der Waals surface area contributed by atoms with Gasteiger partial charge in [-0.3, -0.25) is 4.79 Å². The van der Waals surface area contributed by atoms with E-state index in [1.807, 2.05) is 0 Å². The summed E-state index contributed by atoms with van der Waals surface area (Å²) in [5.41, 5.74) is 1.68. The molecular formula is C8H9N3O3. The van der Waals surface area contributed by atoms with E-state index < -0.39 is 5.97 Å². The lowest BCUT2D eigenvalue weighted by Gasteiger charge is -2.05. The maximum Gasteiger partial charge on any atom is 0.322 e. The molecule has 0 amide bonds. The summed E-state index contributed by atoms with van der Waals surface area (Å²) in [5, 5.41) is 11.2. The van der Waals surface area contributed by atoms with Crippen LogP contribution in [0.5, 0.6) is 0 Å². The van der Waals surface area contributed by atoms with E-state index in [1.165, 1.54) is 6.33 Å². The Morgan fingerprint density at radius 1 is 1.57 bits per heavy atom. The molecular weight excluding hydrogens is 186 g/mol. The molecule has 0 atom stereocenters. The highest BCUT2D eigenvalue weighted by Crippen LogP contribution is 2.22. The Morgan fingerprint density at radius 2 is 2.43 bits per heavy atom. The SMILES string of the molecule is O=C(O)CNc1ncnc2c1COC2. The van der Waals surface area contributed by atoms with E-state index in [1.54, 1.807) is 0 Å². The Hall–Kier alpha value is -1.69. The maximum absolute atomic E-state index is 10.3. The number of hydrogen-bond acceptors (Lipinski definition) is 5. The van der Waals surface area contributed by atoms with Crippen LogP contribution in [0.3, 0.4) is 0 Å². The van der Waals surface area contributed by atoms with Crippen LogP contribution in [0.4, 0.5) is 5.82 Å². The Labute approximate surface area is 79.9 Å². The smallest absolute Gasteiger partial charge is 0.322 e. The topological polar surface area (TPSA) is 84.3 Å². The maximum atomic E-state index is 10.3. The summed E-state index contributed by atoms with van der Waals surface area (Å²) in [6.45, 7) is 0.765. The van der Waals surface area contributed by atoms with Crippen molar-refractivity contribution in [2.45, 2.75) is 13.2 Å². The van der Waals surface area contributed by atoms with Gasteiger partial charge < -0.3 is 15.2 Å². The lowest BCUT2D eigenvalue weighted by atomic mass is 10.2. The highest BCUT2D eigenvalue weighted by Gasteiger charge is 2.17. The summed E-state index contributed by atoms with van der Waals surface area (Å²) < 4.78 is 5.17. The molecule has 0 saturated carbocycles. The van der Waals surface area contributed by atoms with Crippen LogP contribution in [0.15, 0.2) is 6.33 Å². The zero-order valence-electron chi connectivity index (χ0n) is 7.36. The van der Waals surface area contributed by atoms with Crippen molar-refractivity contribution in [2.75, 3.05) is 11.9 Å². The Balaban J connectivity index is 2.17. The van der Waals surface area contributed by atoms with Gasteiger partial charge in [0.25, 0.3) is 0 Å². The molecule has 74 valence electrons. The van der Waals surface area contributed by atoms with E-state index >= 15 is 0 Å². The third kappa shape index (κ3) is 1.64. The van der Waals surface area contributed by atoms with Gasteiger partial charge in [0.15, 0.2) is 0 Å². The third-order valence-electron chi connectivity index (χ3n) is 1.93. The molecule has 1 aliphatic rings. The number of rotatable bonds is 3. The summed E-state index contributed by atoms with van der Waals surface area (Å²) >= 11 is 0. The van der Waals surface area contributed by atoms with Crippen LogP contribution in [0, 0.1) is 0 Å². The van der Waals surface area contributed by atoms with Gasteiger partial charge in [-0.2, -0.15) is 0 Å². The molecule has 6 nitrogen and oxygen atoms in total. The molecule has 2 rings (SSSR count). The summed E-state index contributed by atoms with van der Waals surface area (Å²) in [4.78, 5) is 18.3. The van der Waals surface area contributed by atoms with Crippen molar-refractivity contribution >= 4 is 11.8 Å². The normalized spacial score (nSPS) is 13.7. The van der Waals surface area contributed by atoms with Gasteiger partial charge in [-0.25, -0.2) is 9.97 Å². The summed E-state index contributed by atoms with van der Waals surface area (Å²) in [6, 6.07) is 0. The molecule has 0 radical (unpaired) electrons. The number of nitrogens with zero attached hydrogens (tertiary/aromatic N) is 2. The van der Waals surface area contributed by atoms with E-state index in [-0.39, 0.29) is 6.54 Å². The average Bonchev–Trinajstić information content (AvgIpc) is 2.62. The van der Waals surface area contributed by atoms with Crippen LogP contribution < -0.4 is 5.32 Å². The quantitative estimate of drug-likeness (QED) is 0.706. The van der Waals surface area contributed by atoms with Gasteiger partial charge >= 0.3 is 5.97 Å². The van der Waals surface area contributed by atoms with Crippen LogP contribution in [-0.2, 0) is 22.7 Å². The lowest BCUT2D eigenvalue weighted by Crippen LogP contribution is -2.14. The van der Waals surface area contributed by atoms with Gasteiger partial charge in [0.2, 0.25) is 0 Å². The zero-order chi connectivity index (χ0) is 9.97. The molecule has 0 fully saturated rings. The van der Waals surface area contributed by atoms with E-state index in [4.69, 9.17) is 9.84 Å². The minimum absolute atomic E-state index is 0.149. The molecule has 0 bridgehead atoms. The van der Waals surface area contributed by atoms with Crippen LogP contribution >= 0.6 is 0 Å². The average molecular weight is 195 g/mol. The second kappa shape index (κ2) is 3.59. The van der Waals surface area contributed by atoms with Crippen molar-refractivity contribution in [2.24, 2.45) is 0 Å². The molecule has 0 aliphatic carbocycles. The van der Waals surface area contributed by atoms with Gasteiger partial charge in [0.05, 0.1) is 18.9 Å². The van der Waals surface area contributed by atoms with E-state index in [9.17, 15) is 4.79 Å². The van der Waals surface area contributed by atoms with Crippen molar-refractivity contribution in [3.05, 3.63) is 17.6 Å². The van der Waals surface area contributed by atoms with Crippen LogP contribution in [0.25, 0.3) is 0 Å². The molecule has 14 heavy (non-hydrogen) atoms. The minimum atomic E-state index is -0.920. The van der Waals surface area contributed by atoms with Crippen LogP contribution in [-0.4, -0.2) is 27.6 Å². The molecule has 0 saturated heterocycles. The first-order valence-electron chi connectivity index (χ1n) is 4.13.